The molecule has 36 heavy (non-hydrogen) atoms. The molecule has 0 radical (unpaired) electrons. The molecule has 1 saturated heterocycles. The van der Waals surface area contributed by atoms with Crippen molar-refractivity contribution in [1.82, 2.24) is 9.55 Å². The lowest BCUT2D eigenvalue weighted by atomic mass is 9.90. The average Bonchev–Trinajstić information content (AvgIpc) is 2.86. The molecule has 1 aliphatic heterocycles. The third-order valence-electron chi connectivity index (χ3n) is 6.79. The van der Waals surface area contributed by atoms with Crippen LogP contribution in [0.5, 0.6) is 11.5 Å². The zero-order chi connectivity index (χ0) is 25.1. The third-order valence-corrected chi connectivity index (χ3v) is 7.09. The van der Waals surface area contributed by atoms with Crippen molar-refractivity contribution in [3.05, 3.63) is 111 Å². The molecule has 4 aromatic rings. The first-order valence-electron chi connectivity index (χ1n) is 12.4. The lowest BCUT2D eigenvalue weighted by molar-refractivity contribution is 0.403. The van der Waals surface area contributed by atoms with E-state index in [0.29, 0.717) is 16.8 Å². The van der Waals surface area contributed by atoms with Gasteiger partial charge in [-0.1, -0.05) is 41.9 Å². The van der Waals surface area contributed by atoms with Gasteiger partial charge in [-0.05, 0) is 87.1 Å². The molecule has 0 bridgehead atoms. The Kier molecular flexibility index (Phi) is 7.10. The first-order valence-corrected chi connectivity index (χ1v) is 12.8. The highest BCUT2D eigenvalue weighted by Crippen LogP contribution is 2.32. The fraction of sp³-hybridized carbons (Fsp3) is 0.267. The van der Waals surface area contributed by atoms with Gasteiger partial charge < -0.3 is 9.64 Å². The molecule has 0 saturated carbocycles. The summed E-state index contributed by atoms with van der Waals surface area (Å²) < 4.78 is 7.51. The predicted octanol–water partition coefficient (Wildman–Crippen LogP) is 6.75. The van der Waals surface area contributed by atoms with Crippen LogP contribution in [0.15, 0.2) is 83.7 Å². The lowest BCUT2D eigenvalue weighted by Gasteiger charge is -2.34. The maximum absolute atomic E-state index is 12.5. The normalized spacial score (nSPS) is 14.1. The second-order valence-corrected chi connectivity index (χ2v) is 9.85. The Bertz CT molecular complexity index is 1390. The van der Waals surface area contributed by atoms with E-state index in [4.69, 9.17) is 16.3 Å². The van der Waals surface area contributed by atoms with Crippen LogP contribution >= 0.6 is 11.6 Å². The number of anilines is 1. The van der Waals surface area contributed by atoms with Gasteiger partial charge in [0.25, 0.3) is 5.56 Å². The molecule has 0 N–H and O–H groups in total. The standard InChI is InChI=1S/C30H30ClN3O2/c1-21-18-30(35)34(22(2)32-21)25-10-13-29(28(31)20-25)33-16-14-24(15-17-33)19-23-8-11-27(12-9-23)36-26-6-4-3-5-7-26/h3-13,18,20,24H,14-17,19H2,1-2H3. The second-order valence-electron chi connectivity index (χ2n) is 9.45. The van der Waals surface area contributed by atoms with E-state index >= 15 is 0 Å². The molecule has 2 heterocycles. The van der Waals surface area contributed by atoms with Crippen LogP contribution in [0.25, 0.3) is 5.69 Å². The van der Waals surface area contributed by atoms with Crippen LogP contribution in [0.3, 0.4) is 0 Å². The Labute approximate surface area is 217 Å². The van der Waals surface area contributed by atoms with E-state index in [1.165, 1.54) is 5.56 Å². The highest BCUT2D eigenvalue weighted by atomic mass is 35.5. The summed E-state index contributed by atoms with van der Waals surface area (Å²) in [5.41, 5.74) is 3.73. The van der Waals surface area contributed by atoms with Gasteiger partial charge in [-0.15, -0.1) is 0 Å². The quantitative estimate of drug-likeness (QED) is 0.294. The first-order chi connectivity index (χ1) is 17.5. The molecule has 5 nitrogen and oxygen atoms in total. The molecular weight excluding hydrogens is 470 g/mol. The fourth-order valence-electron chi connectivity index (χ4n) is 4.98. The summed E-state index contributed by atoms with van der Waals surface area (Å²) in [6, 6.07) is 25.7. The van der Waals surface area contributed by atoms with Crippen LogP contribution in [0.1, 0.15) is 29.9 Å². The lowest BCUT2D eigenvalue weighted by Crippen LogP contribution is -2.34. The van der Waals surface area contributed by atoms with Gasteiger partial charge in [-0.25, -0.2) is 4.98 Å². The molecule has 3 aromatic carbocycles. The second kappa shape index (κ2) is 10.6. The summed E-state index contributed by atoms with van der Waals surface area (Å²) in [5, 5.41) is 0.659. The predicted molar refractivity (Wildman–Crippen MR) is 146 cm³/mol. The summed E-state index contributed by atoms with van der Waals surface area (Å²) in [5.74, 6) is 3.00. The van der Waals surface area contributed by atoms with Crippen LogP contribution < -0.4 is 15.2 Å². The molecular formula is C30H30ClN3O2. The van der Waals surface area contributed by atoms with E-state index in [-0.39, 0.29) is 5.56 Å². The van der Waals surface area contributed by atoms with Crippen molar-refractivity contribution in [1.29, 1.82) is 0 Å². The largest absolute Gasteiger partial charge is 0.457 e. The minimum atomic E-state index is -0.0932. The summed E-state index contributed by atoms with van der Waals surface area (Å²) in [6.45, 7) is 5.59. The summed E-state index contributed by atoms with van der Waals surface area (Å²) in [6.07, 6.45) is 3.29. The maximum Gasteiger partial charge on any atom is 0.258 e. The molecule has 5 rings (SSSR count). The molecule has 1 fully saturated rings. The van der Waals surface area contributed by atoms with Crippen LogP contribution in [0, 0.1) is 19.8 Å². The molecule has 0 atom stereocenters. The minimum Gasteiger partial charge on any atom is -0.457 e. The molecule has 0 spiro atoms. The third kappa shape index (κ3) is 5.47. The van der Waals surface area contributed by atoms with Gasteiger partial charge in [0.15, 0.2) is 0 Å². The van der Waals surface area contributed by atoms with Crippen molar-refractivity contribution in [2.45, 2.75) is 33.1 Å². The van der Waals surface area contributed by atoms with Gasteiger partial charge in [0.2, 0.25) is 0 Å². The van der Waals surface area contributed by atoms with E-state index < -0.39 is 0 Å². The number of ether oxygens (including phenoxy) is 1. The topological polar surface area (TPSA) is 47.4 Å². The van der Waals surface area contributed by atoms with Crippen LogP contribution in [0.2, 0.25) is 5.02 Å². The zero-order valence-corrected chi connectivity index (χ0v) is 21.4. The van der Waals surface area contributed by atoms with Crippen molar-refractivity contribution >= 4 is 17.3 Å². The highest BCUT2D eigenvalue weighted by Gasteiger charge is 2.22. The summed E-state index contributed by atoms with van der Waals surface area (Å²) in [7, 11) is 0. The molecule has 1 aromatic heterocycles. The molecule has 0 unspecified atom stereocenters. The van der Waals surface area contributed by atoms with E-state index in [0.717, 1.165) is 60.9 Å². The van der Waals surface area contributed by atoms with E-state index in [1.54, 1.807) is 10.6 Å². The maximum atomic E-state index is 12.5. The minimum absolute atomic E-state index is 0.0932. The van der Waals surface area contributed by atoms with Gasteiger partial charge in [-0.3, -0.25) is 9.36 Å². The smallest absolute Gasteiger partial charge is 0.258 e. The number of para-hydroxylation sites is 1. The molecule has 184 valence electrons. The Balaban J connectivity index is 1.19. The number of nitrogens with zero attached hydrogens (tertiary/aromatic N) is 3. The molecule has 6 heteroatoms. The average molecular weight is 500 g/mol. The number of hydrogen-bond acceptors (Lipinski definition) is 4. The Morgan fingerprint density at radius 3 is 2.28 bits per heavy atom. The summed E-state index contributed by atoms with van der Waals surface area (Å²) >= 11 is 6.70. The van der Waals surface area contributed by atoms with Crippen molar-refractivity contribution in [3.63, 3.8) is 0 Å². The van der Waals surface area contributed by atoms with E-state index in [2.05, 4.69) is 34.1 Å². The zero-order valence-electron chi connectivity index (χ0n) is 20.7. The van der Waals surface area contributed by atoms with Gasteiger partial charge in [0.05, 0.1) is 16.4 Å². The Hall–Kier alpha value is -3.57. The first kappa shape index (κ1) is 24.1. The van der Waals surface area contributed by atoms with Crippen molar-refractivity contribution in [2.24, 2.45) is 5.92 Å². The Morgan fingerprint density at radius 1 is 0.917 bits per heavy atom. The molecule has 0 aliphatic carbocycles. The number of rotatable bonds is 6. The fourth-order valence-corrected chi connectivity index (χ4v) is 5.27. The van der Waals surface area contributed by atoms with Crippen molar-refractivity contribution in [2.75, 3.05) is 18.0 Å². The monoisotopic (exact) mass is 499 g/mol. The Morgan fingerprint density at radius 2 is 1.61 bits per heavy atom. The number of piperidine rings is 1. The van der Waals surface area contributed by atoms with Crippen molar-refractivity contribution < 1.29 is 4.74 Å². The number of hydrogen-bond donors (Lipinski definition) is 0. The summed E-state index contributed by atoms with van der Waals surface area (Å²) in [4.78, 5) is 19.3. The number of aromatic nitrogens is 2. The highest BCUT2D eigenvalue weighted by molar-refractivity contribution is 6.33. The van der Waals surface area contributed by atoms with E-state index in [9.17, 15) is 4.79 Å². The molecule has 1 aliphatic rings. The van der Waals surface area contributed by atoms with Gasteiger partial charge >= 0.3 is 0 Å². The van der Waals surface area contributed by atoms with Crippen LogP contribution in [0.4, 0.5) is 5.69 Å². The van der Waals surface area contributed by atoms with Gasteiger partial charge in [0, 0.05) is 24.8 Å². The van der Waals surface area contributed by atoms with Crippen LogP contribution in [-0.4, -0.2) is 22.6 Å². The molecule has 0 amide bonds. The number of aryl methyl sites for hydroxylation is 2. The SMILES string of the molecule is Cc1cc(=O)n(-c2ccc(N3CCC(Cc4ccc(Oc5ccccc5)cc4)CC3)c(Cl)c2)c(C)n1. The van der Waals surface area contributed by atoms with E-state index in [1.807, 2.05) is 62.4 Å². The van der Waals surface area contributed by atoms with Crippen molar-refractivity contribution in [3.8, 4) is 17.2 Å². The van der Waals surface area contributed by atoms with Gasteiger partial charge in [-0.2, -0.15) is 0 Å². The van der Waals surface area contributed by atoms with Gasteiger partial charge in [0.1, 0.15) is 17.3 Å². The number of halogens is 1. The number of benzene rings is 3. The van der Waals surface area contributed by atoms with Crippen LogP contribution in [-0.2, 0) is 6.42 Å².